The van der Waals surface area contributed by atoms with Crippen molar-refractivity contribution in [1.82, 2.24) is 10.4 Å². The van der Waals surface area contributed by atoms with Crippen molar-refractivity contribution in [3.05, 3.63) is 119 Å². The lowest BCUT2D eigenvalue weighted by atomic mass is 10.1. The summed E-state index contributed by atoms with van der Waals surface area (Å²) in [6.45, 7) is 0.443. The van der Waals surface area contributed by atoms with Gasteiger partial charge in [-0.05, 0) is 64.4 Å². The highest BCUT2D eigenvalue weighted by atomic mass is 32.1. The third kappa shape index (κ3) is 7.03. The minimum Gasteiger partial charge on any atom is -0.489 e. The van der Waals surface area contributed by atoms with E-state index in [9.17, 15) is 18.0 Å². The molecule has 0 aliphatic carbocycles. The zero-order valence-corrected chi connectivity index (χ0v) is 21.8. The zero-order valence-electron chi connectivity index (χ0n) is 21.0. The van der Waals surface area contributed by atoms with Gasteiger partial charge in [0.15, 0.2) is 5.13 Å². The van der Waals surface area contributed by atoms with Crippen LogP contribution in [0.3, 0.4) is 0 Å². The number of hydrogen-bond acceptors (Lipinski definition) is 6. The molecule has 6 nitrogen and oxygen atoms in total. The SMILES string of the molecule is O=C(Cc1csc(Nc2cccc(C(F)(F)F)c2)n1)N/N=C\c1ccc(OCc2cccc3ccccc23)cc1. The van der Waals surface area contributed by atoms with Gasteiger partial charge in [0.25, 0.3) is 0 Å². The summed E-state index contributed by atoms with van der Waals surface area (Å²) < 4.78 is 44.7. The second kappa shape index (κ2) is 12.0. The van der Waals surface area contributed by atoms with E-state index in [1.54, 1.807) is 5.38 Å². The van der Waals surface area contributed by atoms with Crippen molar-refractivity contribution in [2.75, 3.05) is 5.32 Å². The van der Waals surface area contributed by atoms with Crippen molar-refractivity contribution in [2.45, 2.75) is 19.2 Å². The van der Waals surface area contributed by atoms with Crippen molar-refractivity contribution >= 4 is 45.0 Å². The molecule has 1 aromatic heterocycles. The average Bonchev–Trinajstić information content (AvgIpc) is 3.38. The number of thiazole rings is 1. The topological polar surface area (TPSA) is 75.6 Å². The summed E-state index contributed by atoms with van der Waals surface area (Å²) in [6, 6.07) is 26.5. The van der Waals surface area contributed by atoms with Crippen LogP contribution < -0.4 is 15.5 Å². The van der Waals surface area contributed by atoms with Crippen molar-refractivity contribution < 1.29 is 22.7 Å². The summed E-state index contributed by atoms with van der Waals surface area (Å²) in [5, 5.41) is 11.2. The van der Waals surface area contributed by atoms with Crippen LogP contribution in [0.4, 0.5) is 24.0 Å². The van der Waals surface area contributed by atoms with Gasteiger partial charge < -0.3 is 10.1 Å². The first kappa shape index (κ1) is 26.9. The molecule has 4 aromatic carbocycles. The number of rotatable bonds is 9. The fraction of sp³-hybridized carbons (Fsp3) is 0.100. The van der Waals surface area contributed by atoms with Crippen LogP contribution in [0, 0.1) is 0 Å². The number of nitrogens with zero attached hydrogens (tertiary/aromatic N) is 2. The first-order valence-corrected chi connectivity index (χ1v) is 13.1. The molecule has 40 heavy (non-hydrogen) atoms. The fourth-order valence-corrected chi connectivity index (χ4v) is 4.69. The van der Waals surface area contributed by atoms with E-state index in [0.717, 1.165) is 28.6 Å². The normalized spacial score (nSPS) is 11.6. The predicted octanol–water partition coefficient (Wildman–Crippen LogP) is 7.33. The molecule has 0 unspecified atom stereocenters. The van der Waals surface area contributed by atoms with Crippen LogP contribution in [-0.4, -0.2) is 17.1 Å². The van der Waals surface area contributed by atoms with Crippen molar-refractivity contribution in [3.8, 4) is 5.75 Å². The Bertz CT molecular complexity index is 1640. The highest BCUT2D eigenvalue weighted by molar-refractivity contribution is 7.13. The molecular formula is C30H23F3N4O2S. The standard InChI is InChI=1S/C30H23F3N4O2S/c31-30(32,33)23-8-4-9-24(15-23)35-29-36-25(19-40-29)16-28(38)37-34-17-20-11-13-26(14-12-20)39-18-22-7-3-6-21-5-1-2-10-27(21)22/h1-15,17,19H,16,18H2,(H,35,36)(H,37,38)/b34-17-. The molecule has 0 aliphatic rings. The van der Waals surface area contributed by atoms with E-state index in [-0.39, 0.29) is 18.0 Å². The molecule has 0 bridgehead atoms. The first-order valence-electron chi connectivity index (χ1n) is 12.2. The Labute approximate surface area is 232 Å². The Balaban J connectivity index is 1.09. The van der Waals surface area contributed by atoms with Gasteiger partial charge in [-0.25, -0.2) is 10.4 Å². The molecule has 0 radical (unpaired) electrons. The minimum absolute atomic E-state index is 0.0287. The number of amides is 1. The number of ether oxygens (including phenoxy) is 1. The average molecular weight is 561 g/mol. The number of carbonyl (C=O) groups excluding carboxylic acids is 1. The molecule has 0 saturated heterocycles. The van der Waals surface area contributed by atoms with E-state index in [2.05, 4.69) is 39.0 Å². The zero-order chi connectivity index (χ0) is 28.0. The maximum absolute atomic E-state index is 12.9. The Hall–Kier alpha value is -4.70. The molecule has 1 amide bonds. The molecule has 1 heterocycles. The van der Waals surface area contributed by atoms with Gasteiger partial charge in [0, 0.05) is 11.1 Å². The van der Waals surface area contributed by atoms with Crippen LogP contribution in [0.2, 0.25) is 0 Å². The van der Waals surface area contributed by atoms with Crippen LogP contribution in [0.15, 0.2) is 101 Å². The number of nitrogens with one attached hydrogen (secondary N) is 2. The van der Waals surface area contributed by atoms with Crippen LogP contribution in [0.25, 0.3) is 10.8 Å². The van der Waals surface area contributed by atoms with E-state index in [0.29, 0.717) is 23.2 Å². The molecule has 10 heteroatoms. The van der Waals surface area contributed by atoms with Crippen molar-refractivity contribution in [1.29, 1.82) is 0 Å². The molecular weight excluding hydrogens is 537 g/mol. The number of fused-ring (bicyclic) bond motifs is 1. The fourth-order valence-electron chi connectivity index (χ4n) is 3.95. The summed E-state index contributed by atoms with van der Waals surface area (Å²) in [7, 11) is 0. The van der Waals surface area contributed by atoms with Gasteiger partial charge in [0.1, 0.15) is 12.4 Å². The van der Waals surface area contributed by atoms with Crippen LogP contribution >= 0.6 is 11.3 Å². The number of carbonyl (C=O) groups is 1. The monoisotopic (exact) mass is 560 g/mol. The van der Waals surface area contributed by atoms with Gasteiger partial charge in [-0.2, -0.15) is 18.3 Å². The minimum atomic E-state index is -4.43. The van der Waals surface area contributed by atoms with Gasteiger partial charge >= 0.3 is 6.18 Å². The van der Waals surface area contributed by atoms with Crippen LogP contribution in [0.1, 0.15) is 22.4 Å². The molecule has 0 aliphatic heterocycles. The highest BCUT2D eigenvalue weighted by Crippen LogP contribution is 2.32. The summed E-state index contributed by atoms with van der Waals surface area (Å²) in [5.74, 6) is 0.342. The van der Waals surface area contributed by atoms with E-state index < -0.39 is 11.7 Å². The molecule has 202 valence electrons. The molecule has 2 N–H and O–H groups in total. The number of halogens is 3. The highest BCUT2D eigenvalue weighted by Gasteiger charge is 2.30. The summed E-state index contributed by atoms with van der Waals surface area (Å²) >= 11 is 1.19. The van der Waals surface area contributed by atoms with Gasteiger partial charge in [-0.3, -0.25) is 4.79 Å². The number of alkyl halides is 3. The lowest BCUT2D eigenvalue weighted by Crippen LogP contribution is -2.19. The Morgan fingerprint density at radius 3 is 2.58 bits per heavy atom. The number of hydrogen-bond donors (Lipinski definition) is 2. The Morgan fingerprint density at radius 1 is 0.975 bits per heavy atom. The maximum Gasteiger partial charge on any atom is 0.416 e. The van der Waals surface area contributed by atoms with Crippen molar-refractivity contribution in [2.24, 2.45) is 5.10 Å². The van der Waals surface area contributed by atoms with E-state index in [1.807, 2.05) is 48.5 Å². The Kier molecular flexibility index (Phi) is 8.07. The van der Waals surface area contributed by atoms with Gasteiger partial charge in [-0.1, -0.05) is 48.5 Å². The van der Waals surface area contributed by atoms with E-state index >= 15 is 0 Å². The van der Waals surface area contributed by atoms with Crippen LogP contribution in [0.5, 0.6) is 5.75 Å². The number of aromatic nitrogens is 1. The van der Waals surface area contributed by atoms with Crippen molar-refractivity contribution in [3.63, 3.8) is 0 Å². The van der Waals surface area contributed by atoms with E-state index in [4.69, 9.17) is 4.74 Å². The molecule has 5 rings (SSSR count). The predicted molar refractivity (Wildman–Crippen MR) is 151 cm³/mol. The molecule has 0 spiro atoms. The van der Waals surface area contributed by atoms with Gasteiger partial charge in [0.05, 0.1) is 23.9 Å². The molecule has 0 saturated carbocycles. The smallest absolute Gasteiger partial charge is 0.416 e. The molecule has 0 atom stereocenters. The quantitative estimate of drug-likeness (QED) is 0.146. The largest absolute Gasteiger partial charge is 0.489 e. The number of benzene rings is 4. The lowest BCUT2D eigenvalue weighted by Gasteiger charge is -2.09. The number of hydrazone groups is 1. The van der Waals surface area contributed by atoms with Gasteiger partial charge in [-0.15, -0.1) is 11.3 Å². The molecule has 5 aromatic rings. The number of anilines is 2. The summed E-state index contributed by atoms with van der Waals surface area (Å²) in [4.78, 5) is 16.5. The van der Waals surface area contributed by atoms with E-state index in [1.165, 1.54) is 35.1 Å². The second-order valence-electron chi connectivity index (χ2n) is 8.81. The lowest BCUT2D eigenvalue weighted by molar-refractivity contribution is -0.137. The second-order valence-corrected chi connectivity index (χ2v) is 9.67. The van der Waals surface area contributed by atoms with Gasteiger partial charge in [0.2, 0.25) is 5.91 Å². The summed E-state index contributed by atoms with van der Waals surface area (Å²) in [6.07, 6.45) is -2.94. The maximum atomic E-state index is 12.9. The van der Waals surface area contributed by atoms with Crippen LogP contribution in [-0.2, 0) is 24.0 Å². The third-order valence-electron chi connectivity index (χ3n) is 5.89. The Morgan fingerprint density at radius 2 is 1.75 bits per heavy atom. The third-order valence-corrected chi connectivity index (χ3v) is 6.70. The summed E-state index contributed by atoms with van der Waals surface area (Å²) in [5.41, 5.74) is 4.31. The molecule has 0 fully saturated rings. The first-order chi connectivity index (χ1) is 19.3.